The molecule has 2 N–H and O–H groups in total. The second-order valence-corrected chi connectivity index (χ2v) is 6.99. The lowest BCUT2D eigenvalue weighted by atomic mass is 10.0. The Balaban J connectivity index is 1.45. The molecule has 0 aliphatic carbocycles. The lowest BCUT2D eigenvalue weighted by Crippen LogP contribution is -2.46. The maximum absolute atomic E-state index is 12.8. The summed E-state index contributed by atoms with van der Waals surface area (Å²) in [6.07, 6.45) is 3.36. The number of aromatic nitrogens is 1. The van der Waals surface area contributed by atoms with Crippen LogP contribution in [0.1, 0.15) is 28.9 Å². The van der Waals surface area contributed by atoms with E-state index in [1.165, 1.54) is 12.3 Å². The van der Waals surface area contributed by atoms with E-state index in [2.05, 4.69) is 10.3 Å². The van der Waals surface area contributed by atoms with Gasteiger partial charge in [-0.2, -0.15) is 0 Å². The molecule has 1 amide bonds. The summed E-state index contributed by atoms with van der Waals surface area (Å²) < 4.78 is 11.2. The number of aromatic amines is 1. The highest BCUT2D eigenvalue weighted by atomic mass is 16.6. The molecule has 27 heavy (non-hydrogen) atoms. The predicted octanol–water partition coefficient (Wildman–Crippen LogP) is 2.17. The Bertz CT molecular complexity index is 908. The van der Waals surface area contributed by atoms with Crippen LogP contribution in [0.3, 0.4) is 0 Å². The van der Waals surface area contributed by atoms with Crippen molar-refractivity contribution in [3.8, 4) is 11.5 Å². The third-order valence-electron chi connectivity index (χ3n) is 4.91. The van der Waals surface area contributed by atoms with Crippen LogP contribution in [0.2, 0.25) is 0 Å². The van der Waals surface area contributed by atoms with Crippen LogP contribution >= 0.6 is 0 Å². The zero-order valence-corrected chi connectivity index (χ0v) is 15.3. The maximum Gasteiger partial charge on any atom is 0.259 e. The Morgan fingerprint density at radius 1 is 1.22 bits per heavy atom. The smallest absolute Gasteiger partial charge is 0.259 e. The number of fused-ring (bicyclic) bond motifs is 1. The van der Waals surface area contributed by atoms with Crippen molar-refractivity contribution < 1.29 is 14.3 Å². The number of nitrogens with zero attached hydrogens (tertiary/aromatic N) is 1. The summed E-state index contributed by atoms with van der Waals surface area (Å²) in [5, 5.41) is 3.48. The lowest BCUT2D eigenvalue weighted by molar-refractivity contribution is 0.0713. The van der Waals surface area contributed by atoms with E-state index in [0.717, 1.165) is 35.7 Å². The zero-order valence-electron chi connectivity index (χ0n) is 15.3. The summed E-state index contributed by atoms with van der Waals surface area (Å²) in [6, 6.07) is 7.37. The largest absolute Gasteiger partial charge is 0.486 e. The van der Waals surface area contributed by atoms with Gasteiger partial charge in [-0.1, -0.05) is 0 Å². The minimum Gasteiger partial charge on any atom is -0.486 e. The van der Waals surface area contributed by atoms with Gasteiger partial charge in [-0.15, -0.1) is 0 Å². The first-order valence-electron chi connectivity index (χ1n) is 9.25. The highest BCUT2D eigenvalue weighted by Gasteiger charge is 2.26. The number of nitrogens with one attached hydrogen (secondary N) is 2. The molecule has 1 atom stereocenters. The highest BCUT2D eigenvalue weighted by Crippen LogP contribution is 2.33. The monoisotopic (exact) mass is 369 g/mol. The van der Waals surface area contributed by atoms with Gasteiger partial charge in [0.1, 0.15) is 18.8 Å². The summed E-state index contributed by atoms with van der Waals surface area (Å²) in [5.41, 5.74) is 1.64. The number of carbonyl (C=O) groups is 1. The molecule has 0 unspecified atom stereocenters. The van der Waals surface area contributed by atoms with Crippen molar-refractivity contribution in [2.45, 2.75) is 25.8 Å². The SMILES string of the molecule is Cc1cc(=O)c(C(=O)N2CCC[C@@H](Nc3ccc4c(c3)OCCO4)C2)c[nH]1. The van der Waals surface area contributed by atoms with Crippen molar-refractivity contribution in [1.82, 2.24) is 9.88 Å². The molecule has 2 aliphatic heterocycles. The van der Waals surface area contributed by atoms with Crippen LogP contribution in [0.5, 0.6) is 11.5 Å². The van der Waals surface area contributed by atoms with E-state index < -0.39 is 0 Å². The first-order chi connectivity index (χ1) is 13.1. The number of ether oxygens (including phenoxy) is 2. The molecule has 1 aromatic carbocycles. The maximum atomic E-state index is 12.8. The molecular formula is C20H23N3O4. The molecular weight excluding hydrogens is 346 g/mol. The molecule has 2 aliphatic rings. The fourth-order valence-corrected chi connectivity index (χ4v) is 3.56. The average Bonchev–Trinajstić information content (AvgIpc) is 2.68. The number of likely N-dealkylation sites (tertiary alicyclic amines) is 1. The van der Waals surface area contributed by atoms with Gasteiger partial charge in [0.15, 0.2) is 16.9 Å². The third kappa shape index (κ3) is 3.77. The van der Waals surface area contributed by atoms with Crippen LogP contribution in [0, 0.1) is 6.92 Å². The van der Waals surface area contributed by atoms with E-state index in [4.69, 9.17) is 9.47 Å². The predicted molar refractivity (Wildman–Crippen MR) is 102 cm³/mol. The highest BCUT2D eigenvalue weighted by molar-refractivity contribution is 5.94. The van der Waals surface area contributed by atoms with Crippen LogP contribution in [0.4, 0.5) is 5.69 Å². The molecule has 0 bridgehead atoms. The van der Waals surface area contributed by atoms with E-state index in [1.807, 2.05) is 18.2 Å². The number of piperidine rings is 1. The summed E-state index contributed by atoms with van der Waals surface area (Å²) in [7, 11) is 0. The number of carbonyl (C=O) groups excluding carboxylic acids is 1. The van der Waals surface area contributed by atoms with Crippen LogP contribution in [0.15, 0.2) is 35.3 Å². The van der Waals surface area contributed by atoms with Gasteiger partial charge < -0.3 is 24.7 Å². The van der Waals surface area contributed by atoms with Crippen LogP contribution in [-0.2, 0) is 0 Å². The second kappa shape index (κ2) is 7.34. The molecule has 7 heteroatoms. The molecule has 1 aromatic heterocycles. The quantitative estimate of drug-likeness (QED) is 0.866. The number of hydrogen-bond acceptors (Lipinski definition) is 5. The van der Waals surface area contributed by atoms with Gasteiger partial charge in [0.25, 0.3) is 5.91 Å². The molecule has 1 fully saturated rings. The van der Waals surface area contributed by atoms with Gasteiger partial charge >= 0.3 is 0 Å². The van der Waals surface area contributed by atoms with E-state index in [1.54, 1.807) is 11.8 Å². The first kappa shape index (κ1) is 17.5. The number of rotatable bonds is 3. The molecule has 1 saturated heterocycles. The molecule has 2 aromatic rings. The van der Waals surface area contributed by atoms with Crippen molar-refractivity contribution in [2.24, 2.45) is 0 Å². The van der Waals surface area contributed by atoms with Crippen LogP contribution in [0.25, 0.3) is 0 Å². The van der Waals surface area contributed by atoms with Crippen molar-refractivity contribution in [3.63, 3.8) is 0 Å². The zero-order chi connectivity index (χ0) is 18.8. The van der Waals surface area contributed by atoms with Gasteiger partial charge in [-0.3, -0.25) is 9.59 Å². The molecule has 3 heterocycles. The van der Waals surface area contributed by atoms with Gasteiger partial charge in [0, 0.05) is 48.8 Å². The standard InChI is InChI=1S/C20H23N3O4/c1-13-9-17(24)16(11-21-13)20(25)23-6-2-3-15(12-23)22-14-4-5-18-19(10-14)27-8-7-26-18/h4-5,9-11,15,22H,2-3,6-8,12H2,1H3,(H,21,24)/t15-/m1/s1. The van der Waals surface area contributed by atoms with Crippen molar-refractivity contribution in [1.29, 1.82) is 0 Å². The first-order valence-corrected chi connectivity index (χ1v) is 9.25. The van der Waals surface area contributed by atoms with Gasteiger partial charge in [-0.25, -0.2) is 0 Å². The van der Waals surface area contributed by atoms with Gasteiger partial charge in [0.05, 0.1) is 0 Å². The van der Waals surface area contributed by atoms with Crippen molar-refractivity contribution >= 4 is 11.6 Å². The topological polar surface area (TPSA) is 83.7 Å². The van der Waals surface area contributed by atoms with Gasteiger partial charge in [0.2, 0.25) is 0 Å². The van der Waals surface area contributed by atoms with Crippen LogP contribution < -0.4 is 20.2 Å². The third-order valence-corrected chi connectivity index (χ3v) is 4.91. The van der Waals surface area contributed by atoms with E-state index >= 15 is 0 Å². The Labute approximate surface area is 157 Å². The minimum atomic E-state index is -0.238. The number of amides is 1. The fourth-order valence-electron chi connectivity index (χ4n) is 3.56. The molecule has 4 rings (SSSR count). The fraction of sp³-hybridized carbons (Fsp3) is 0.400. The van der Waals surface area contributed by atoms with Crippen LogP contribution in [-0.4, -0.2) is 48.1 Å². The normalized spacial score (nSPS) is 18.9. The lowest BCUT2D eigenvalue weighted by Gasteiger charge is -2.33. The second-order valence-electron chi connectivity index (χ2n) is 6.99. The molecule has 7 nitrogen and oxygen atoms in total. The van der Waals surface area contributed by atoms with Gasteiger partial charge in [-0.05, 0) is 31.9 Å². The van der Waals surface area contributed by atoms with E-state index in [-0.39, 0.29) is 22.9 Å². The number of hydrogen-bond donors (Lipinski definition) is 2. The summed E-state index contributed by atoms with van der Waals surface area (Å²) in [4.78, 5) is 29.6. The van der Waals surface area contributed by atoms with Crippen molar-refractivity contribution in [3.05, 3.63) is 51.9 Å². The Morgan fingerprint density at radius 2 is 2.04 bits per heavy atom. The number of anilines is 1. The molecule has 0 saturated carbocycles. The number of H-pyrrole nitrogens is 1. The molecule has 0 spiro atoms. The number of pyridine rings is 1. The molecule has 0 radical (unpaired) electrons. The summed E-state index contributed by atoms with van der Waals surface area (Å²) >= 11 is 0. The Hall–Kier alpha value is -2.96. The summed E-state index contributed by atoms with van der Waals surface area (Å²) in [5.74, 6) is 1.27. The Morgan fingerprint density at radius 3 is 2.85 bits per heavy atom. The molecule has 142 valence electrons. The van der Waals surface area contributed by atoms with Crippen molar-refractivity contribution in [2.75, 3.05) is 31.6 Å². The minimum absolute atomic E-state index is 0.120. The van der Waals surface area contributed by atoms with E-state index in [9.17, 15) is 9.59 Å². The summed E-state index contributed by atoms with van der Waals surface area (Å²) in [6.45, 7) is 4.13. The van der Waals surface area contributed by atoms with E-state index in [0.29, 0.717) is 26.3 Å². The Kier molecular flexibility index (Phi) is 4.75. The number of aryl methyl sites for hydroxylation is 1. The number of benzene rings is 1. The average molecular weight is 369 g/mol.